The van der Waals surface area contributed by atoms with Crippen molar-refractivity contribution in [1.82, 2.24) is 0 Å². The van der Waals surface area contributed by atoms with Crippen LogP contribution < -0.4 is 22.9 Å². The number of nitrogens with two attached hydrogens (primary N) is 4. The van der Waals surface area contributed by atoms with Crippen molar-refractivity contribution in [2.24, 2.45) is 22.9 Å². The van der Waals surface area contributed by atoms with Crippen molar-refractivity contribution in [2.75, 3.05) is 0 Å². The molecule has 27 heavy (non-hydrogen) atoms. The van der Waals surface area contributed by atoms with Crippen molar-refractivity contribution in [1.29, 1.82) is 0 Å². The molecule has 0 amide bonds. The minimum Gasteiger partial charge on any atom is -0.725 e. The summed E-state index contributed by atoms with van der Waals surface area (Å²) in [5, 5.41) is 0. The fourth-order valence-electron chi connectivity index (χ4n) is 2.98. The van der Waals surface area contributed by atoms with Crippen LogP contribution in [0.5, 0.6) is 0 Å². The third kappa shape index (κ3) is 9.54. The largest absolute Gasteiger partial charge is 2.00 e. The van der Waals surface area contributed by atoms with Gasteiger partial charge >= 0.3 is 21.1 Å². The van der Waals surface area contributed by atoms with Crippen LogP contribution in [-0.4, -0.2) is 49.5 Å². The van der Waals surface area contributed by atoms with Crippen LogP contribution in [0.15, 0.2) is 0 Å². The second kappa shape index (κ2) is 10.3. The maximum Gasteiger partial charge on any atom is 2.00 e. The van der Waals surface area contributed by atoms with E-state index in [9.17, 15) is 25.9 Å². The molecule has 0 aromatic rings. The van der Waals surface area contributed by atoms with Gasteiger partial charge in [-0.1, -0.05) is 12.8 Å². The van der Waals surface area contributed by atoms with Crippen molar-refractivity contribution in [3.05, 3.63) is 0 Å². The van der Waals surface area contributed by atoms with Crippen molar-refractivity contribution < 1.29 is 55.4 Å². The summed E-state index contributed by atoms with van der Waals surface area (Å²) in [5.74, 6) is 0. The van der Waals surface area contributed by atoms with Gasteiger partial charge in [0.05, 0.1) is 0 Å². The molecule has 0 heterocycles. The van der Waals surface area contributed by atoms with Crippen LogP contribution in [0.25, 0.3) is 0 Å². The van der Waals surface area contributed by atoms with E-state index in [1.165, 1.54) is 0 Å². The molecule has 0 spiro atoms. The van der Waals surface area contributed by atoms with Gasteiger partial charge in [-0.3, -0.25) is 8.37 Å². The van der Waals surface area contributed by atoms with E-state index in [4.69, 9.17) is 22.9 Å². The zero-order valence-corrected chi connectivity index (χ0v) is 18.4. The maximum absolute atomic E-state index is 10.3. The summed E-state index contributed by atoms with van der Waals surface area (Å²) in [6.07, 6.45) is 4.95. The molecule has 2 fully saturated rings. The molecule has 0 unspecified atom stereocenters. The summed E-state index contributed by atoms with van der Waals surface area (Å²) in [7, 11) is -9.54. The van der Waals surface area contributed by atoms with Gasteiger partial charge in [-0.2, -0.15) is 0 Å². The molecular formula is C12H26N4O8PtS2. The maximum atomic E-state index is 10.3. The van der Waals surface area contributed by atoms with E-state index >= 15 is 0 Å². The zero-order valence-electron chi connectivity index (χ0n) is 14.5. The zero-order chi connectivity index (χ0) is 20.2. The second-order valence-corrected chi connectivity index (χ2v) is 8.56. The summed E-state index contributed by atoms with van der Waals surface area (Å²) in [5.41, 5.74) is 19.3. The number of hydrogen-bond acceptors (Lipinski definition) is 12. The third-order valence-corrected chi connectivity index (χ3v) is 5.46. The molecule has 8 N–H and O–H groups in total. The standard InChI is InChI=1S/2C6H14N2O4S.Pt/c2*7-5-3-1-2-4-6(5,8)12-13(9,10)11;/h2*5H,1-4,7-8H2,(H,9,10,11);/q;;+2/p-2/t2*5-,6+;/m11./s1. The average molecular weight is 614 g/mol. The first-order valence-electron chi connectivity index (χ1n) is 8.09. The first kappa shape index (κ1) is 27.3. The Labute approximate surface area is 173 Å². The first-order valence-corrected chi connectivity index (χ1v) is 10.8. The molecule has 2 rings (SSSR count). The molecule has 12 nitrogen and oxygen atoms in total. The molecule has 0 saturated heterocycles. The Bertz CT molecular complexity index is 621. The Morgan fingerprint density at radius 2 is 1.04 bits per heavy atom. The van der Waals surface area contributed by atoms with E-state index in [1.807, 2.05) is 0 Å². The predicted octanol–water partition coefficient (Wildman–Crippen LogP) is -1.96. The molecule has 0 aromatic carbocycles. The summed E-state index contributed by atoms with van der Waals surface area (Å²) in [6, 6.07) is -1.19. The van der Waals surface area contributed by atoms with Crippen LogP contribution in [-0.2, 0) is 50.2 Å². The predicted molar refractivity (Wildman–Crippen MR) is 88.3 cm³/mol. The van der Waals surface area contributed by atoms with Crippen molar-refractivity contribution in [3.63, 3.8) is 0 Å². The number of rotatable bonds is 4. The second-order valence-electron chi connectivity index (χ2n) is 6.60. The Hall–Kier alpha value is 0.268. The van der Waals surface area contributed by atoms with Crippen molar-refractivity contribution in [2.45, 2.75) is 74.9 Å². The van der Waals surface area contributed by atoms with E-state index in [1.54, 1.807) is 0 Å². The van der Waals surface area contributed by atoms with Gasteiger partial charge in [0.2, 0.25) is 20.8 Å². The average Bonchev–Trinajstić information content (AvgIpc) is 2.43. The summed E-state index contributed by atoms with van der Waals surface area (Å²) in [6.45, 7) is 0. The molecule has 0 bridgehead atoms. The molecule has 164 valence electrons. The molecule has 2 saturated carbocycles. The fourth-order valence-corrected chi connectivity index (χ4v) is 4.15. The number of hydrogen-bond donors (Lipinski definition) is 4. The summed E-state index contributed by atoms with van der Waals surface area (Å²) in [4.78, 5) is 0. The smallest absolute Gasteiger partial charge is 0.725 e. The van der Waals surface area contributed by atoms with Crippen molar-refractivity contribution >= 4 is 20.8 Å². The monoisotopic (exact) mass is 613 g/mol. The minimum absolute atomic E-state index is 0. The van der Waals surface area contributed by atoms with Gasteiger partial charge in [0.25, 0.3) is 0 Å². The quantitative estimate of drug-likeness (QED) is 0.154. The molecule has 15 heteroatoms. The van der Waals surface area contributed by atoms with Crippen molar-refractivity contribution in [3.8, 4) is 0 Å². The summed E-state index contributed by atoms with van der Waals surface area (Å²) < 4.78 is 70.5. The van der Waals surface area contributed by atoms with Gasteiger partial charge in [-0.25, -0.2) is 16.8 Å². The minimum atomic E-state index is -4.77. The third-order valence-electron chi connectivity index (χ3n) is 4.43. The van der Waals surface area contributed by atoms with E-state index in [0.29, 0.717) is 25.7 Å². The van der Waals surface area contributed by atoms with E-state index in [0.717, 1.165) is 25.7 Å². The first-order chi connectivity index (χ1) is 11.7. The van der Waals surface area contributed by atoms with Crippen LogP contribution in [0.4, 0.5) is 0 Å². The molecule has 2 aliphatic rings. The molecular weight excluding hydrogens is 587 g/mol. The molecule has 0 aromatic heterocycles. The van der Waals surface area contributed by atoms with E-state index < -0.39 is 44.3 Å². The van der Waals surface area contributed by atoms with Gasteiger partial charge in [-0.05, 0) is 38.5 Å². The molecule has 0 aliphatic heterocycles. The van der Waals surface area contributed by atoms with Gasteiger partial charge in [0, 0.05) is 12.1 Å². The van der Waals surface area contributed by atoms with Gasteiger partial charge < -0.3 is 32.0 Å². The molecule has 2 aliphatic carbocycles. The molecule has 0 radical (unpaired) electrons. The van der Waals surface area contributed by atoms with Crippen LogP contribution in [0.1, 0.15) is 51.4 Å². The molecule has 4 atom stereocenters. The van der Waals surface area contributed by atoms with Crippen LogP contribution in [0.3, 0.4) is 0 Å². The fraction of sp³-hybridized carbons (Fsp3) is 1.00. The van der Waals surface area contributed by atoms with Crippen LogP contribution in [0.2, 0.25) is 0 Å². The Morgan fingerprint density at radius 1 is 0.741 bits per heavy atom. The Balaban J connectivity index is 0.000000483. The van der Waals surface area contributed by atoms with Crippen LogP contribution >= 0.6 is 0 Å². The van der Waals surface area contributed by atoms with Gasteiger partial charge in [-0.15, -0.1) is 0 Å². The van der Waals surface area contributed by atoms with Crippen LogP contribution in [0, 0.1) is 0 Å². The normalized spacial score (nSPS) is 34.7. The summed E-state index contributed by atoms with van der Waals surface area (Å²) >= 11 is 0. The Kier molecular flexibility index (Phi) is 10.4. The van der Waals surface area contributed by atoms with E-state index in [2.05, 4.69) is 8.37 Å². The van der Waals surface area contributed by atoms with Gasteiger partial charge in [0.15, 0.2) is 0 Å². The van der Waals surface area contributed by atoms with Gasteiger partial charge in [0.1, 0.15) is 11.4 Å². The SMILES string of the molecule is N[C@@H]1CCCC[C@]1(N)OS(=O)(=O)[O-].N[C@@H]1CCCC[C@]1(N)OS(=O)(=O)[O-].[Pt+2]. The van der Waals surface area contributed by atoms with E-state index in [-0.39, 0.29) is 21.1 Å². The topological polar surface area (TPSA) is 237 Å². The Morgan fingerprint density at radius 3 is 1.26 bits per heavy atom.